The second-order valence-corrected chi connectivity index (χ2v) is 5.81. The van der Waals surface area contributed by atoms with Gasteiger partial charge in [-0.3, -0.25) is 0 Å². The fraction of sp³-hybridized carbons (Fsp3) is 0.545. The molecule has 0 spiro atoms. The molecular weight excluding hydrogens is 236 g/mol. The van der Waals surface area contributed by atoms with Crippen molar-refractivity contribution in [3.63, 3.8) is 0 Å². The Labute approximate surface area is 104 Å². The van der Waals surface area contributed by atoms with Gasteiger partial charge in [0.25, 0.3) is 0 Å². The molecule has 0 unspecified atom stereocenters. The Kier molecular flexibility index (Phi) is 3.01. The van der Waals surface area contributed by atoms with Gasteiger partial charge in [0, 0.05) is 10.8 Å². The lowest BCUT2D eigenvalue weighted by Gasteiger charge is -2.19. The molecule has 2 aromatic heterocycles. The summed E-state index contributed by atoms with van der Waals surface area (Å²) in [7, 11) is 0. The lowest BCUT2D eigenvalue weighted by Crippen LogP contribution is -2.19. The SMILES string of the molecule is Cc1csc(-n2nnc(CO)c2C(C)(C)C)n1. The Morgan fingerprint density at radius 1 is 1.41 bits per heavy atom. The van der Waals surface area contributed by atoms with Gasteiger partial charge < -0.3 is 5.11 Å². The first kappa shape index (κ1) is 12.2. The lowest BCUT2D eigenvalue weighted by atomic mass is 9.90. The first-order valence-corrected chi connectivity index (χ1v) is 6.30. The summed E-state index contributed by atoms with van der Waals surface area (Å²) >= 11 is 1.52. The van der Waals surface area contributed by atoms with Crippen molar-refractivity contribution in [2.45, 2.75) is 39.7 Å². The summed E-state index contributed by atoms with van der Waals surface area (Å²) < 4.78 is 1.73. The van der Waals surface area contributed by atoms with Crippen molar-refractivity contribution in [2.75, 3.05) is 0 Å². The van der Waals surface area contributed by atoms with Crippen molar-refractivity contribution in [2.24, 2.45) is 0 Å². The van der Waals surface area contributed by atoms with Crippen molar-refractivity contribution >= 4 is 11.3 Å². The van der Waals surface area contributed by atoms with Crippen molar-refractivity contribution in [1.29, 1.82) is 0 Å². The molecule has 5 nitrogen and oxygen atoms in total. The van der Waals surface area contributed by atoms with Gasteiger partial charge in [0.15, 0.2) is 0 Å². The molecule has 92 valence electrons. The highest BCUT2D eigenvalue weighted by Crippen LogP contribution is 2.28. The molecule has 0 bridgehead atoms. The van der Waals surface area contributed by atoms with Crippen LogP contribution in [0.5, 0.6) is 0 Å². The zero-order valence-electron chi connectivity index (χ0n) is 10.4. The van der Waals surface area contributed by atoms with Crippen LogP contribution in [0.15, 0.2) is 5.38 Å². The lowest BCUT2D eigenvalue weighted by molar-refractivity contribution is 0.273. The zero-order chi connectivity index (χ0) is 12.6. The van der Waals surface area contributed by atoms with E-state index in [9.17, 15) is 5.11 Å². The highest BCUT2D eigenvalue weighted by Gasteiger charge is 2.26. The topological polar surface area (TPSA) is 63.8 Å². The minimum Gasteiger partial charge on any atom is -0.390 e. The maximum atomic E-state index is 9.31. The van der Waals surface area contributed by atoms with E-state index in [4.69, 9.17) is 0 Å². The van der Waals surface area contributed by atoms with Gasteiger partial charge in [0.05, 0.1) is 18.0 Å². The van der Waals surface area contributed by atoms with Crippen LogP contribution in [0.4, 0.5) is 0 Å². The van der Waals surface area contributed by atoms with Crippen LogP contribution < -0.4 is 0 Å². The van der Waals surface area contributed by atoms with Gasteiger partial charge in [0.1, 0.15) is 5.69 Å². The molecule has 0 atom stereocenters. The number of aliphatic hydroxyl groups excluding tert-OH is 1. The molecule has 2 rings (SSSR count). The van der Waals surface area contributed by atoms with Crippen molar-refractivity contribution in [3.8, 4) is 5.13 Å². The van der Waals surface area contributed by atoms with E-state index < -0.39 is 0 Å². The number of rotatable bonds is 2. The van der Waals surface area contributed by atoms with Crippen LogP contribution in [0.3, 0.4) is 0 Å². The molecule has 0 saturated heterocycles. The Balaban J connectivity index is 2.59. The summed E-state index contributed by atoms with van der Waals surface area (Å²) in [5.41, 5.74) is 2.35. The Hall–Kier alpha value is -1.27. The molecule has 2 heterocycles. The molecule has 0 aromatic carbocycles. The number of thiazole rings is 1. The van der Waals surface area contributed by atoms with Gasteiger partial charge in [-0.05, 0) is 6.92 Å². The molecule has 6 heteroatoms. The fourth-order valence-corrected chi connectivity index (χ4v) is 2.50. The quantitative estimate of drug-likeness (QED) is 0.885. The van der Waals surface area contributed by atoms with Gasteiger partial charge in [-0.25, -0.2) is 4.98 Å². The molecule has 0 aliphatic carbocycles. The second-order valence-electron chi connectivity index (χ2n) is 4.98. The molecule has 0 aliphatic rings. The van der Waals surface area contributed by atoms with E-state index in [1.165, 1.54) is 11.3 Å². The zero-order valence-corrected chi connectivity index (χ0v) is 11.2. The highest BCUT2D eigenvalue weighted by molar-refractivity contribution is 7.12. The maximum absolute atomic E-state index is 9.31. The van der Waals surface area contributed by atoms with Crippen molar-refractivity contribution in [3.05, 3.63) is 22.5 Å². The third-order valence-electron chi connectivity index (χ3n) is 2.39. The molecule has 2 aromatic rings. The monoisotopic (exact) mass is 252 g/mol. The van der Waals surface area contributed by atoms with Crippen molar-refractivity contribution < 1.29 is 5.11 Å². The molecule has 0 saturated carbocycles. The van der Waals surface area contributed by atoms with E-state index in [1.807, 2.05) is 12.3 Å². The summed E-state index contributed by atoms with van der Waals surface area (Å²) in [6, 6.07) is 0. The van der Waals surface area contributed by atoms with Crippen LogP contribution in [0.25, 0.3) is 5.13 Å². The van der Waals surface area contributed by atoms with Gasteiger partial charge >= 0.3 is 0 Å². The average molecular weight is 252 g/mol. The molecular formula is C11H16N4OS. The molecule has 0 radical (unpaired) electrons. The number of nitrogens with zero attached hydrogens (tertiary/aromatic N) is 4. The summed E-state index contributed by atoms with van der Waals surface area (Å²) in [6.07, 6.45) is 0. The largest absolute Gasteiger partial charge is 0.390 e. The molecule has 0 fully saturated rings. The van der Waals surface area contributed by atoms with Crippen LogP contribution in [0.2, 0.25) is 0 Å². The third kappa shape index (κ3) is 2.23. The maximum Gasteiger partial charge on any atom is 0.212 e. The van der Waals surface area contributed by atoms with E-state index in [-0.39, 0.29) is 12.0 Å². The van der Waals surface area contributed by atoms with Crippen LogP contribution in [-0.2, 0) is 12.0 Å². The third-order valence-corrected chi connectivity index (χ3v) is 3.32. The average Bonchev–Trinajstić information content (AvgIpc) is 2.81. The van der Waals surface area contributed by atoms with Crippen LogP contribution in [0.1, 0.15) is 37.9 Å². The van der Waals surface area contributed by atoms with Gasteiger partial charge in [-0.1, -0.05) is 26.0 Å². The minimum absolute atomic E-state index is 0.100. The van der Waals surface area contributed by atoms with Crippen LogP contribution in [-0.4, -0.2) is 25.1 Å². The smallest absolute Gasteiger partial charge is 0.212 e. The molecule has 1 N–H and O–H groups in total. The first-order chi connectivity index (χ1) is 7.93. The normalized spacial score (nSPS) is 12.1. The first-order valence-electron chi connectivity index (χ1n) is 5.42. The Morgan fingerprint density at radius 3 is 2.59 bits per heavy atom. The number of hydrogen-bond donors (Lipinski definition) is 1. The van der Waals surface area contributed by atoms with E-state index in [1.54, 1.807) is 4.68 Å². The molecule has 0 aliphatic heterocycles. The van der Waals surface area contributed by atoms with Gasteiger partial charge in [-0.2, -0.15) is 4.68 Å². The van der Waals surface area contributed by atoms with Crippen LogP contribution >= 0.6 is 11.3 Å². The van der Waals surface area contributed by atoms with Gasteiger partial charge in [0.2, 0.25) is 5.13 Å². The highest BCUT2D eigenvalue weighted by atomic mass is 32.1. The predicted octanol–water partition coefficient (Wildman–Crippen LogP) is 1.82. The summed E-state index contributed by atoms with van der Waals surface area (Å²) in [5, 5.41) is 20.2. The number of aryl methyl sites for hydroxylation is 1. The number of aromatic nitrogens is 4. The molecule has 0 amide bonds. The van der Waals surface area contributed by atoms with E-state index >= 15 is 0 Å². The van der Waals surface area contributed by atoms with Crippen LogP contribution in [0, 0.1) is 6.92 Å². The summed E-state index contributed by atoms with van der Waals surface area (Å²) in [4.78, 5) is 4.40. The Bertz CT molecular complexity index is 524. The van der Waals surface area contributed by atoms with E-state index in [0.29, 0.717) is 5.69 Å². The van der Waals surface area contributed by atoms with E-state index in [2.05, 4.69) is 36.1 Å². The van der Waals surface area contributed by atoms with E-state index in [0.717, 1.165) is 16.5 Å². The second kappa shape index (κ2) is 4.19. The molecule has 17 heavy (non-hydrogen) atoms. The predicted molar refractivity (Wildman–Crippen MR) is 66.4 cm³/mol. The van der Waals surface area contributed by atoms with Crippen molar-refractivity contribution in [1.82, 2.24) is 20.0 Å². The minimum atomic E-state index is -0.138. The standard InChI is InChI=1S/C11H16N4OS/c1-7-6-17-10(12-7)15-9(11(2,3)4)8(5-16)13-14-15/h6,16H,5H2,1-4H3. The van der Waals surface area contributed by atoms with Gasteiger partial charge in [-0.15, -0.1) is 16.4 Å². The summed E-state index contributed by atoms with van der Waals surface area (Å²) in [5.74, 6) is 0. The fourth-order valence-electron chi connectivity index (χ4n) is 1.74. The number of aliphatic hydroxyl groups is 1. The number of hydrogen-bond acceptors (Lipinski definition) is 5. The Morgan fingerprint density at radius 2 is 2.12 bits per heavy atom. The summed E-state index contributed by atoms with van der Waals surface area (Å²) in [6.45, 7) is 8.06.